The van der Waals surface area contributed by atoms with Crippen LogP contribution in [0, 0.1) is 0 Å². The van der Waals surface area contributed by atoms with Gasteiger partial charge in [0.15, 0.2) is 0 Å². The van der Waals surface area contributed by atoms with Crippen LogP contribution in [-0.2, 0) is 10.0 Å². The average Bonchev–Trinajstić information content (AvgIpc) is 3.11. The first-order valence-electron chi connectivity index (χ1n) is 8.59. The summed E-state index contributed by atoms with van der Waals surface area (Å²) in [6.45, 7) is 1.12. The van der Waals surface area contributed by atoms with Gasteiger partial charge in [0, 0.05) is 23.6 Å². The minimum Gasteiger partial charge on any atom is -0.349 e. The number of benzene rings is 1. The number of sulfonamides is 1. The van der Waals surface area contributed by atoms with E-state index in [2.05, 4.69) is 21.2 Å². The van der Waals surface area contributed by atoms with E-state index in [4.69, 9.17) is 0 Å². The summed E-state index contributed by atoms with van der Waals surface area (Å²) in [5.74, 6) is -0.202. The Hall–Kier alpha value is -0.920. The van der Waals surface area contributed by atoms with E-state index in [9.17, 15) is 13.2 Å². The first-order valence-corrected chi connectivity index (χ1v) is 10.8. The van der Waals surface area contributed by atoms with Crippen molar-refractivity contribution in [3.63, 3.8) is 0 Å². The number of nitrogens with one attached hydrogen (secondary N) is 1. The van der Waals surface area contributed by atoms with Gasteiger partial charge in [0.2, 0.25) is 10.0 Å². The molecular formula is C17H23BrN2O3S. The summed E-state index contributed by atoms with van der Waals surface area (Å²) in [5.41, 5.74) is 0.390. The molecule has 0 bridgehead atoms. The summed E-state index contributed by atoms with van der Waals surface area (Å²) in [6.07, 6.45) is 7.27. The van der Waals surface area contributed by atoms with Crippen molar-refractivity contribution in [1.29, 1.82) is 0 Å². The van der Waals surface area contributed by atoms with Crippen LogP contribution >= 0.6 is 15.9 Å². The lowest BCUT2D eigenvalue weighted by Gasteiger charge is -2.23. The maximum absolute atomic E-state index is 12.7. The number of hydrogen-bond donors (Lipinski definition) is 1. The second-order valence-corrected chi connectivity index (χ2v) is 9.35. The van der Waals surface area contributed by atoms with E-state index in [0.29, 0.717) is 23.1 Å². The lowest BCUT2D eigenvalue weighted by Crippen LogP contribution is -2.36. The van der Waals surface area contributed by atoms with Crippen LogP contribution in [0.2, 0.25) is 0 Å². The van der Waals surface area contributed by atoms with Crippen molar-refractivity contribution in [2.24, 2.45) is 0 Å². The first-order chi connectivity index (χ1) is 11.5. The fraction of sp³-hybridized carbons (Fsp3) is 0.588. The lowest BCUT2D eigenvalue weighted by molar-refractivity contribution is 0.0926. The van der Waals surface area contributed by atoms with E-state index < -0.39 is 10.0 Å². The van der Waals surface area contributed by atoms with Crippen LogP contribution in [-0.4, -0.2) is 37.8 Å². The Bertz CT molecular complexity index is 709. The number of rotatable bonds is 4. The number of hydrogen-bond acceptors (Lipinski definition) is 3. The molecule has 0 atom stereocenters. The minimum absolute atomic E-state index is 0.192. The number of amides is 1. The maximum atomic E-state index is 12.7. The van der Waals surface area contributed by atoms with Gasteiger partial charge in [-0.1, -0.05) is 19.3 Å². The van der Waals surface area contributed by atoms with Crippen LogP contribution in [0.15, 0.2) is 27.6 Å². The molecule has 1 N–H and O–H groups in total. The van der Waals surface area contributed by atoms with Gasteiger partial charge < -0.3 is 5.32 Å². The molecule has 2 aliphatic rings. The third-order valence-electron chi connectivity index (χ3n) is 4.83. The summed E-state index contributed by atoms with van der Waals surface area (Å²) < 4.78 is 27.5. The van der Waals surface area contributed by atoms with Crippen LogP contribution < -0.4 is 5.32 Å². The second kappa shape index (κ2) is 7.54. The van der Waals surface area contributed by atoms with Gasteiger partial charge in [0.25, 0.3) is 5.91 Å². The molecule has 1 aliphatic carbocycles. The van der Waals surface area contributed by atoms with Gasteiger partial charge in [-0.15, -0.1) is 0 Å². The van der Waals surface area contributed by atoms with Crippen molar-refractivity contribution in [3.05, 3.63) is 28.2 Å². The van der Waals surface area contributed by atoms with E-state index in [1.165, 1.54) is 16.8 Å². The molecule has 7 heteroatoms. The van der Waals surface area contributed by atoms with E-state index >= 15 is 0 Å². The molecule has 0 unspecified atom stereocenters. The zero-order chi connectivity index (χ0) is 17.2. The maximum Gasteiger partial charge on any atom is 0.252 e. The fourth-order valence-electron chi connectivity index (χ4n) is 3.43. The first kappa shape index (κ1) is 17.9. The number of carbonyl (C=O) groups is 1. The van der Waals surface area contributed by atoms with Crippen LogP contribution in [0.25, 0.3) is 0 Å². The normalized spacial score (nSPS) is 20.2. The number of nitrogens with zero attached hydrogens (tertiary/aromatic N) is 1. The molecule has 1 saturated carbocycles. The van der Waals surface area contributed by atoms with Crippen LogP contribution in [0.5, 0.6) is 0 Å². The summed E-state index contributed by atoms with van der Waals surface area (Å²) in [6, 6.07) is 4.90. The van der Waals surface area contributed by atoms with Crippen molar-refractivity contribution < 1.29 is 13.2 Å². The van der Waals surface area contributed by atoms with Gasteiger partial charge in [-0.2, -0.15) is 4.31 Å². The van der Waals surface area contributed by atoms with Crippen molar-refractivity contribution >= 4 is 31.9 Å². The monoisotopic (exact) mass is 414 g/mol. The topological polar surface area (TPSA) is 66.5 Å². The highest BCUT2D eigenvalue weighted by atomic mass is 79.9. The van der Waals surface area contributed by atoms with Crippen molar-refractivity contribution in [3.8, 4) is 0 Å². The molecule has 2 fully saturated rings. The van der Waals surface area contributed by atoms with Gasteiger partial charge in [-0.25, -0.2) is 8.42 Å². The molecule has 1 aromatic carbocycles. The number of carbonyl (C=O) groups excluding carboxylic acids is 1. The zero-order valence-corrected chi connectivity index (χ0v) is 16.0. The Morgan fingerprint density at radius 1 is 1.08 bits per heavy atom. The van der Waals surface area contributed by atoms with Crippen molar-refractivity contribution in [2.75, 3.05) is 13.1 Å². The minimum atomic E-state index is -3.51. The van der Waals surface area contributed by atoms with E-state index in [0.717, 1.165) is 38.5 Å². The molecule has 1 aliphatic heterocycles. The Kier molecular flexibility index (Phi) is 5.62. The molecule has 3 rings (SSSR count). The third kappa shape index (κ3) is 3.83. The molecule has 1 aromatic rings. The van der Waals surface area contributed by atoms with E-state index in [-0.39, 0.29) is 16.8 Å². The zero-order valence-electron chi connectivity index (χ0n) is 13.6. The average molecular weight is 415 g/mol. The number of halogens is 1. The molecule has 1 saturated heterocycles. The van der Waals surface area contributed by atoms with Crippen LogP contribution in [0.3, 0.4) is 0 Å². The molecule has 1 amide bonds. The highest BCUT2D eigenvalue weighted by molar-refractivity contribution is 9.10. The van der Waals surface area contributed by atoms with Gasteiger partial charge in [0.05, 0.1) is 10.5 Å². The summed E-state index contributed by atoms with van der Waals surface area (Å²) in [5, 5.41) is 3.05. The molecule has 132 valence electrons. The molecule has 0 spiro atoms. The van der Waals surface area contributed by atoms with Gasteiger partial charge in [0.1, 0.15) is 0 Å². The third-order valence-corrected chi connectivity index (χ3v) is 7.41. The van der Waals surface area contributed by atoms with Crippen molar-refractivity contribution in [1.82, 2.24) is 9.62 Å². The van der Waals surface area contributed by atoms with Crippen molar-refractivity contribution in [2.45, 2.75) is 55.9 Å². The smallest absolute Gasteiger partial charge is 0.252 e. The Morgan fingerprint density at radius 2 is 1.75 bits per heavy atom. The highest BCUT2D eigenvalue weighted by Crippen LogP contribution is 2.26. The fourth-order valence-corrected chi connectivity index (χ4v) is 5.40. The molecule has 1 heterocycles. The predicted octanol–water partition coefficient (Wildman–Crippen LogP) is 3.30. The second-order valence-electron chi connectivity index (χ2n) is 6.56. The molecule has 5 nitrogen and oxygen atoms in total. The largest absolute Gasteiger partial charge is 0.349 e. The Balaban J connectivity index is 1.81. The van der Waals surface area contributed by atoms with Gasteiger partial charge in [-0.3, -0.25) is 4.79 Å². The molecule has 0 aromatic heterocycles. The SMILES string of the molecule is O=C(NC1CCCCC1)c1cc(S(=O)(=O)N2CCCC2)ccc1Br. The summed E-state index contributed by atoms with van der Waals surface area (Å²) in [7, 11) is -3.51. The van der Waals surface area contributed by atoms with Gasteiger partial charge >= 0.3 is 0 Å². The standard InChI is InChI=1S/C17H23BrN2O3S/c18-16-9-8-14(24(22,23)20-10-4-5-11-20)12-15(16)17(21)19-13-6-2-1-3-7-13/h8-9,12-13H,1-7,10-11H2,(H,19,21). The summed E-state index contributed by atoms with van der Waals surface area (Å²) >= 11 is 3.38. The molecular weight excluding hydrogens is 392 g/mol. The quantitative estimate of drug-likeness (QED) is 0.821. The van der Waals surface area contributed by atoms with Gasteiger partial charge in [-0.05, 0) is 59.8 Å². The van der Waals surface area contributed by atoms with E-state index in [1.807, 2.05) is 0 Å². The summed E-state index contributed by atoms with van der Waals surface area (Å²) in [4.78, 5) is 12.8. The highest BCUT2D eigenvalue weighted by Gasteiger charge is 2.28. The Morgan fingerprint density at radius 3 is 2.42 bits per heavy atom. The molecule has 24 heavy (non-hydrogen) atoms. The van der Waals surface area contributed by atoms with E-state index in [1.54, 1.807) is 12.1 Å². The van der Waals surface area contributed by atoms with Crippen LogP contribution in [0.1, 0.15) is 55.3 Å². The Labute approximate surface area is 152 Å². The predicted molar refractivity (Wildman–Crippen MR) is 96.5 cm³/mol. The van der Waals surface area contributed by atoms with Crippen LogP contribution in [0.4, 0.5) is 0 Å². The molecule has 0 radical (unpaired) electrons. The lowest BCUT2D eigenvalue weighted by atomic mass is 9.95.